The summed E-state index contributed by atoms with van der Waals surface area (Å²) in [5, 5.41) is 0. The Morgan fingerprint density at radius 3 is 2.21 bits per heavy atom. The van der Waals surface area contributed by atoms with Crippen molar-refractivity contribution in [3.05, 3.63) is 11.4 Å². The summed E-state index contributed by atoms with van der Waals surface area (Å²) < 4.78 is 32.3. The van der Waals surface area contributed by atoms with Gasteiger partial charge in [-0.25, -0.2) is 15.6 Å². The average Bonchev–Trinajstić information content (AvgIpc) is 2.51. The second-order valence-electron chi connectivity index (χ2n) is 6.11. The zero-order chi connectivity index (χ0) is 18.7. The highest BCUT2D eigenvalue weighted by Crippen LogP contribution is 2.47. The molecular formula is C16H31BFN2O3P. The normalized spacial score (nSPS) is 17.0. The maximum atomic E-state index is 12.6. The van der Waals surface area contributed by atoms with Crippen LogP contribution in [0.5, 0.6) is 0 Å². The van der Waals surface area contributed by atoms with Crippen LogP contribution in [-0.4, -0.2) is 62.6 Å². The molecule has 0 aliphatic heterocycles. The lowest BCUT2D eigenvalue weighted by molar-refractivity contribution is -0.0454. The molecule has 0 aromatic heterocycles. The molecule has 2 unspecified atom stereocenters. The Balaban J connectivity index is 5.02. The van der Waals surface area contributed by atoms with E-state index < -0.39 is 21.2 Å². The first kappa shape index (κ1) is 23.8. The van der Waals surface area contributed by atoms with E-state index in [-0.39, 0.29) is 24.3 Å². The number of hydrogen-bond donors (Lipinski definition) is 0. The highest BCUT2D eigenvalue weighted by atomic mass is 31.2. The molecule has 0 bridgehead atoms. The first-order valence-electron chi connectivity index (χ1n) is 8.46. The van der Waals surface area contributed by atoms with E-state index in [1.54, 1.807) is 0 Å². The fraction of sp³-hybridized carbons (Fsp3) is 0.938. The van der Waals surface area contributed by atoms with Crippen LogP contribution < -0.4 is 0 Å². The molecule has 0 aliphatic rings. The van der Waals surface area contributed by atoms with Crippen molar-refractivity contribution < 1.29 is 18.2 Å². The predicted molar refractivity (Wildman–Crippen MR) is 97.7 cm³/mol. The summed E-state index contributed by atoms with van der Waals surface area (Å²) >= 11 is 0. The van der Waals surface area contributed by atoms with Gasteiger partial charge in [0.05, 0.1) is 12.2 Å². The Bertz CT molecular complexity index is 364. The number of hydrogen-bond acceptors (Lipinski definition) is 4. The van der Waals surface area contributed by atoms with E-state index >= 15 is 0 Å². The summed E-state index contributed by atoms with van der Waals surface area (Å²) in [4.78, 5) is 3.32. The maximum Gasteiger partial charge on any atom is 0.259 e. The maximum absolute atomic E-state index is 12.6. The Morgan fingerprint density at radius 1 is 1.21 bits per heavy atom. The van der Waals surface area contributed by atoms with Gasteiger partial charge in [0.2, 0.25) is 6.54 Å². The smallest absolute Gasteiger partial charge is 0.259 e. The SMILES string of the molecule is [B]C(CF)O[C@H](CC)[C@@H](C)OP(OCC[N+]#[C-])N(C(C)C)C(C)C. The van der Waals surface area contributed by atoms with Crippen molar-refractivity contribution in [2.24, 2.45) is 0 Å². The van der Waals surface area contributed by atoms with E-state index in [2.05, 4.69) is 37.2 Å². The molecule has 0 saturated heterocycles. The molecule has 0 spiro atoms. The van der Waals surface area contributed by atoms with Crippen LogP contribution in [0.2, 0.25) is 0 Å². The number of alkyl halides is 1. The van der Waals surface area contributed by atoms with Gasteiger partial charge in [0.25, 0.3) is 8.53 Å². The second kappa shape index (κ2) is 13.0. The molecule has 138 valence electrons. The molecule has 0 N–H and O–H groups in total. The lowest BCUT2D eigenvalue weighted by atomic mass is 10.0. The topological polar surface area (TPSA) is 35.3 Å². The van der Waals surface area contributed by atoms with Gasteiger partial charge in [-0.3, -0.25) is 0 Å². The van der Waals surface area contributed by atoms with Gasteiger partial charge < -0.3 is 18.6 Å². The van der Waals surface area contributed by atoms with E-state index in [0.717, 1.165) is 0 Å². The van der Waals surface area contributed by atoms with Gasteiger partial charge in [-0.2, -0.15) is 0 Å². The first-order valence-corrected chi connectivity index (χ1v) is 9.59. The van der Waals surface area contributed by atoms with Crippen LogP contribution in [0.4, 0.5) is 4.39 Å². The third-order valence-corrected chi connectivity index (χ3v) is 5.55. The average molecular weight is 360 g/mol. The standard InChI is InChI=1S/C16H31BFN2O3P/c1-8-15(22-16(17)11-18)14(6)23-24(21-10-9-19-7)20(12(2)3)13(4)5/h12-16H,8-11H2,1-6H3/t14-,15-,16?,24?/m1/s1. The molecule has 4 atom stereocenters. The summed E-state index contributed by atoms with van der Waals surface area (Å²) in [5.41, 5.74) is 0. The van der Waals surface area contributed by atoms with Gasteiger partial charge in [-0.15, -0.1) is 0 Å². The summed E-state index contributed by atoms with van der Waals surface area (Å²) in [7, 11) is 4.20. The Labute approximate surface area is 149 Å². The molecule has 0 amide bonds. The molecule has 0 rings (SSSR count). The largest absolute Gasteiger partial charge is 0.379 e. The van der Waals surface area contributed by atoms with Gasteiger partial charge in [0.1, 0.15) is 21.1 Å². The quantitative estimate of drug-likeness (QED) is 0.216. The first-order chi connectivity index (χ1) is 11.3. The van der Waals surface area contributed by atoms with Crippen LogP contribution in [0.3, 0.4) is 0 Å². The number of halogens is 1. The molecule has 0 fully saturated rings. The zero-order valence-electron chi connectivity index (χ0n) is 15.7. The minimum atomic E-state index is -1.35. The van der Waals surface area contributed by atoms with Crippen molar-refractivity contribution in [1.82, 2.24) is 4.67 Å². The van der Waals surface area contributed by atoms with Crippen LogP contribution in [0.15, 0.2) is 0 Å². The van der Waals surface area contributed by atoms with Crippen molar-refractivity contribution in [3.63, 3.8) is 0 Å². The fourth-order valence-electron chi connectivity index (χ4n) is 2.30. The molecular weight excluding hydrogens is 329 g/mol. The van der Waals surface area contributed by atoms with Gasteiger partial charge in [0.15, 0.2) is 0 Å². The molecule has 0 saturated carbocycles. The van der Waals surface area contributed by atoms with Gasteiger partial charge in [-0.05, 0) is 41.0 Å². The third-order valence-electron chi connectivity index (χ3n) is 3.34. The number of rotatable bonds is 13. The van der Waals surface area contributed by atoms with E-state index in [1.807, 2.05) is 13.8 Å². The zero-order valence-corrected chi connectivity index (χ0v) is 16.6. The Morgan fingerprint density at radius 2 is 1.79 bits per heavy atom. The summed E-state index contributed by atoms with van der Waals surface area (Å²) in [6, 6.07) is -0.489. The highest BCUT2D eigenvalue weighted by Gasteiger charge is 2.31. The molecule has 0 aromatic rings. The minimum absolute atomic E-state index is 0.227. The number of ether oxygens (including phenoxy) is 1. The Hall–Kier alpha value is -0.245. The lowest BCUT2D eigenvalue weighted by Gasteiger charge is -2.38. The van der Waals surface area contributed by atoms with Crippen LogP contribution >= 0.6 is 8.53 Å². The fourth-order valence-corrected chi connectivity index (χ4v) is 4.01. The minimum Gasteiger partial charge on any atom is -0.379 e. The van der Waals surface area contributed by atoms with Gasteiger partial charge in [-0.1, -0.05) is 6.92 Å². The predicted octanol–water partition coefficient (Wildman–Crippen LogP) is 3.93. The van der Waals surface area contributed by atoms with E-state index in [0.29, 0.717) is 19.6 Å². The van der Waals surface area contributed by atoms with Crippen LogP contribution in [0.1, 0.15) is 48.0 Å². The van der Waals surface area contributed by atoms with E-state index in [9.17, 15) is 4.39 Å². The van der Waals surface area contributed by atoms with Gasteiger partial charge in [0, 0.05) is 18.1 Å². The van der Waals surface area contributed by atoms with Crippen molar-refractivity contribution >= 4 is 16.4 Å². The second-order valence-corrected chi connectivity index (χ2v) is 7.51. The van der Waals surface area contributed by atoms with Crippen molar-refractivity contribution in [1.29, 1.82) is 0 Å². The molecule has 5 nitrogen and oxygen atoms in total. The molecule has 0 heterocycles. The van der Waals surface area contributed by atoms with Crippen LogP contribution in [0.25, 0.3) is 4.85 Å². The van der Waals surface area contributed by atoms with E-state index in [1.165, 1.54) is 0 Å². The van der Waals surface area contributed by atoms with Crippen molar-refractivity contribution in [3.8, 4) is 0 Å². The van der Waals surface area contributed by atoms with Crippen molar-refractivity contribution in [2.45, 2.75) is 78.3 Å². The molecule has 8 heteroatoms. The third kappa shape index (κ3) is 8.73. The molecule has 2 radical (unpaired) electrons. The molecule has 24 heavy (non-hydrogen) atoms. The molecule has 0 aliphatic carbocycles. The Kier molecular flexibility index (Phi) is 12.9. The summed E-state index contributed by atoms with van der Waals surface area (Å²) in [5.74, 6) is 0. The lowest BCUT2D eigenvalue weighted by Crippen LogP contribution is -2.38. The molecule has 0 aromatic carbocycles. The highest BCUT2D eigenvalue weighted by molar-refractivity contribution is 7.44. The van der Waals surface area contributed by atoms with Gasteiger partial charge >= 0.3 is 0 Å². The van der Waals surface area contributed by atoms with E-state index in [4.69, 9.17) is 28.2 Å². The van der Waals surface area contributed by atoms with Crippen LogP contribution in [0, 0.1) is 6.57 Å². The monoisotopic (exact) mass is 360 g/mol. The summed E-state index contributed by atoms with van der Waals surface area (Å²) in [6.45, 7) is 18.9. The van der Waals surface area contributed by atoms with Crippen molar-refractivity contribution in [2.75, 3.05) is 19.8 Å². The van der Waals surface area contributed by atoms with Crippen LogP contribution in [-0.2, 0) is 13.8 Å². The number of nitrogens with zero attached hydrogens (tertiary/aromatic N) is 2. The summed E-state index contributed by atoms with van der Waals surface area (Å²) in [6.07, 6.45) is 0.0433.